The van der Waals surface area contributed by atoms with Gasteiger partial charge in [-0.15, -0.1) is 6.58 Å². The van der Waals surface area contributed by atoms with Crippen molar-refractivity contribution in [1.82, 2.24) is 10.2 Å². The molecule has 4 rings (SSSR count). The zero-order valence-corrected chi connectivity index (χ0v) is 14.9. The number of hydrogen-bond donors (Lipinski definition) is 1. The minimum absolute atomic E-state index is 0.0466. The summed E-state index contributed by atoms with van der Waals surface area (Å²) in [6.07, 6.45) is 1.35. The number of amides is 4. The third kappa shape index (κ3) is 2.41. The number of barbiturate groups is 1. The van der Waals surface area contributed by atoms with Crippen molar-refractivity contribution in [3.8, 4) is 0 Å². The van der Waals surface area contributed by atoms with Crippen molar-refractivity contribution in [2.75, 3.05) is 31.2 Å². The number of anilines is 1. The molecule has 4 amide bonds. The molecule has 10 heteroatoms. The van der Waals surface area contributed by atoms with Crippen molar-refractivity contribution in [2.24, 2.45) is 5.41 Å². The maximum Gasteiger partial charge on any atom is 0.331 e. The second-order valence-corrected chi connectivity index (χ2v) is 6.97. The van der Waals surface area contributed by atoms with E-state index in [4.69, 9.17) is 4.74 Å². The van der Waals surface area contributed by atoms with Gasteiger partial charge in [0.05, 0.1) is 24.2 Å². The van der Waals surface area contributed by atoms with E-state index >= 15 is 0 Å². The predicted molar refractivity (Wildman–Crippen MR) is 96.6 cm³/mol. The number of urea groups is 1. The van der Waals surface area contributed by atoms with E-state index in [0.29, 0.717) is 18.7 Å². The molecule has 2 fully saturated rings. The standard InChI is InChI=1S/C18H18N4O6/c1-2-5-21-16(24)18(15(23)19-17(21)25)9-11-8-12(22(26)27)3-4-13(11)20-6-7-28-10-14(18)20/h2-4,8,14H,1,5-7,9-10H2,(H,19,23,25). The fraction of sp³-hybridized carbons (Fsp3) is 0.389. The Morgan fingerprint density at radius 3 is 2.89 bits per heavy atom. The number of imide groups is 2. The Labute approximate surface area is 159 Å². The highest BCUT2D eigenvalue weighted by Gasteiger charge is 2.62. The van der Waals surface area contributed by atoms with E-state index in [2.05, 4.69) is 11.9 Å². The number of morpholine rings is 1. The first-order chi connectivity index (χ1) is 13.4. The van der Waals surface area contributed by atoms with Crippen LogP contribution in [0, 0.1) is 15.5 Å². The number of hydrogen-bond acceptors (Lipinski definition) is 7. The van der Waals surface area contributed by atoms with Gasteiger partial charge >= 0.3 is 6.03 Å². The number of non-ortho nitro benzene ring substituents is 1. The number of carbonyl (C=O) groups is 3. The minimum Gasteiger partial charge on any atom is -0.377 e. The Bertz CT molecular complexity index is 915. The molecule has 3 aliphatic heterocycles. The summed E-state index contributed by atoms with van der Waals surface area (Å²) in [5, 5.41) is 13.5. The SMILES string of the molecule is C=CCN1C(=O)NC(=O)C2(Cc3cc([N+](=O)[O-])ccc3N3CCOCC32)C1=O. The van der Waals surface area contributed by atoms with E-state index in [-0.39, 0.29) is 25.3 Å². The lowest BCUT2D eigenvalue weighted by Gasteiger charge is -2.53. The number of nitrogens with one attached hydrogen (secondary N) is 1. The molecule has 0 aliphatic carbocycles. The topological polar surface area (TPSA) is 122 Å². The first kappa shape index (κ1) is 18.1. The molecule has 28 heavy (non-hydrogen) atoms. The first-order valence-corrected chi connectivity index (χ1v) is 8.80. The summed E-state index contributed by atoms with van der Waals surface area (Å²) in [5.74, 6) is -1.35. The number of nitro groups is 1. The molecular formula is C18H18N4O6. The highest BCUT2D eigenvalue weighted by Crippen LogP contribution is 2.46. The van der Waals surface area contributed by atoms with Gasteiger partial charge in [0.1, 0.15) is 0 Å². The fourth-order valence-corrected chi connectivity index (χ4v) is 4.28. The van der Waals surface area contributed by atoms with E-state index < -0.39 is 34.2 Å². The zero-order valence-electron chi connectivity index (χ0n) is 14.9. The molecule has 2 atom stereocenters. The lowest BCUT2D eigenvalue weighted by Crippen LogP contribution is -2.73. The third-order valence-corrected chi connectivity index (χ3v) is 5.56. The Morgan fingerprint density at radius 1 is 1.39 bits per heavy atom. The molecule has 146 valence electrons. The van der Waals surface area contributed by atoms with E-state index in [0.717, 1.165) is 10.6 Å². The maximum absolute atomic E-state index is 13.4. The van der Waals surface area contributed by atoms with E-state index in [1.54, 1.807) is 6.07 Å². The molecule has 2 saturated heterocycles. The number of ether oxygens (including phenoxy) is 1. The van der Waals surface area contributed by atoms with Crippen molar-refractivity contribution in [3.05, 3.63) is 46.5 Å². The Balaban J connectivity index is 1.88. The Hall–Kier alpha value is -3.27. The lowest BCUT2D eigenvalue weighted by atomic mass is 9.68. The number of fused-ring (bicyclic) bond motifs is 4. The summed E-state index contributed by atoms with van der Waals surface area (Å²) in [7, 11) is 0. The number of nitrogens with zero attached hydrogens (tertiary/aromatic N) is 3. The number of carbonyl (C=O) groups excluding carboxylic acids is 3. The summed E-state index contributed by atoms with van der Waals surface area (Å²) in [5.41, 5.74) is -0.483. The van der Waals surface area contributed by atoms with Crippen LogP contribution in [0.25, 0.3) is 0 Å². The van der Waals surface area contributed by atoms with Gasteiger partial charge in [-0.3, -0.25) is 29.9 Å². The van der Waals surface area contributed by atoms with Crippen LogP contribution in [0.3, 0.4) is 0 Å². The number of benzene rings is 1. The summed E-state index contributed by atoms with van der Waals surface area (Å²) < 4.78 is 5.56. The van der Waals surface area contributed by atoms with Crippen LogP contribution < -0.4 is 10.2 Å². The summed E-state index contributed by atoms with van der Waals surface area (Å²) in [6.45, 7) is 4.46. The predicted octanol–water partition coefficient (Wildman–Crippen LogP) is 0.607. The second-order valence-electron chi connectivity index (χ2n) is 6.97. The zero-order chi connectivity index (χ0) is 20.1. The number of nitro benzene ring substituents is 1. The van der Waals surface area contributed by atoms with Gasteiger partial charge in [0.15, 0.2) is 5.41 Å². The fourth-order valence-electron chi connectivity index (χ4n) is 4.28. The molecule has 3 heterocycles. The van der Waals surface area contributed by atoms with Crippen LogP contribution in [0.15, 0.2) is 30.9 Å². The van der Waals surface area contributed by atoms with Crippen molar-refractivity contribution < 1.29 is 24.0 Å². The van der Waals surface area contributed by atoms with E-state index in [1.165, 1.54) is 18.2 Å². The molecule has 1 N–H and O–H groups in total. The van der Waals surface area contributed by atoms with Crippen LogP contribution in [-0.4, -0.2) is 60.0 Å². The average Bonchev–Trinajstić information content (AvgIpc) is 2.69. The van der Waals surface area contributed by atoms with Crippen LogP contribution in [0.5, 0.6) is 0 Å². The van der Waals surface area contributed by atoms with Gasteiger partial charge < -0.3 is 9.64 Å². The Kier molecular flexibility index (Phi) is 4.15. The molecule has 10 nitrogen and oxygen atoms in total. The molecule has 0 bridgehead atoms. The largest absolute Gasteiger partial charge is 0.377 e. The maximum atomic E-state index is 13.4. The van der Waals surface area contributed by atoms with Crippen LogP contribution >= 0.6 is 0 Å². The summed E-state index contributed by atoms with van der Waals surface area (Å²) in [6, 6.07) is 3.00. The quantitative estimate of drug-likeness (QED) is 0.349. The molecular weight excluding hydrogens is 368 g/mol. The number of rotatable bonds is 3. The van der Waals surface area contributed by atoms with Crippen LogP contribution in [0.4, 0.5) is 16.2 Å². The van der Waals surface area contributed by atoms with Gasteiger partial charge in [-0.1, -0.05) is 6.08 Å². The van der Waals surface area contributed by atoms with E-state index in [1.807, 2.05) is 4.90 Å². The van der Waals surface area contributed by atoms with Gasteiger partial charge in [0.2, 0.25) is 11.8 Å². The van der Waals surface area contributed by atoms with Gasteiger partial charge in [-0.25, -0.2) is 4.79 Å². The first-order valence-electron chi connectivity index (χ1n) is 8.80. The van der Waals surface area contributed by atoms with Gasteiger partial charge in [0.25, 0.3) is 5.69 Å². The van der Waals surface area contributed by atoms with Crippen LogP contribution in [0.2, 0.25) is 0 Å². The van der Waals surface area contributed by atoms with Crippen molar-refractivity contribution in [3.63, 3.8) is 0 Å². The lowest BCUT2D eigenvalue weighted by molar-refractivity contribution is -0.384. The van der Waals surface area contributed by atoms with Gasteiger partial charge in [0, 0.05) is 37.3 Å². The Morgan fingerprint density at radius 2 is 2.18 bits per heavy atom. The molecule has 1 spiro atoms. The normalized spacial score (nSPS) is 26.6. The molecule has 0 radical (unpaired) electrons. The second kappa shape index (κ2) is 6.41. The summed E-state index contributed by atoms with van der Waals surface area (Å²) >= 11 is 0. The molecule has 1 aromatic carbocycles. The van der Waals surface area contributed by atoms with Gasteiger partial charge in [-0.2, -0.15) is 0 Å². The highest BCUT2D eigenvalue weighted by atomic mass is 16.6. The minimum atomic E-state index is -1.61. The van der Waals surface area contributed by atoms with Crippen molar-refractivity contribution >= 4 is 29.2 Å². The van der Waals surface area contributed by atoms with E-state index in [9.17, 15) is 24.5 Å². The molecule has 0 aromatic heterocycles. The van der Waals surface area contributed by atoms with Gasteiger partial charge in [-0.05, 0) is 11.6 Å². The van der Waals surface area contributed by atoms with Crippen LogP contribution in [-0.2, 0) is 20.7 Å². The van der Waals surface area contributed by atoms with Crippen molar-refractivity contribution in [1.29, 1.82) is 0 Å². The van der Waals surface area contributed by atoms with Crippen molar-refractivity contribution in [2.45, 2.75) is 12.5 Å². The monoisotopic (exact) mass is 386 g/mol. The molecule has 1 aromatic rings. The molecule has 2 unspecified atom stereocenters. The molecule has 0 saturated carbocycles. The smallest absolute Gasteiger partial charge is 0.331 e. The third-order valence-electron chi connectivity index (χ3n) is 5.56. The average molecular weight is 386 g/mol. The highest BCUT2D eigenvalue weighted by molar-refractivity contribution is 6.20. The van der Waals surface area contributed by atoms with Crippen LogP contribution in [0.1, 0.15) is 5.56 Å². The summed E-state index contributed by atoms with van der Waals surface area (Å²) in [4.78, 5) is 52.1. The molecule has 3 aliphatic rings.